The molecule has 1 aliphatic heterocycles. The van der Waals surface area contributed by atoms with Crippen molar-refractivity contribution < 1.29 is 5.11 Å². The molecule has 0 saturated carbocycles. The topological polar surface area (TPSA) is 44.3 Å². The lowest BCUT2D eigenvalue weighted by Crippen LogP contribution is -2.62. The number of aliphatic hydroxyl groups is 1. The van der Waals surface area contributed by atoms with E-state index in [9.17, 15) is 0 Å². The molecular formula is C12H25N2O. The fraction of sp³-hybridized carbons (Fsp3) is 0.917. The van der Waals surface area contributed by atoms with Crippen LogP contribution in [0.2, 0.25) is 0 Å². The van der Waals surface area contributed by atoms with Crippen LogP contribution in [0.4, 0.5) is 0 Å². The van der Waals surface area contributed by atoms with Crippen molar-refractivity contribution in [3.8, 4) is 0 Å². The summed E-state index contributed by atoms with van der Waals surface area (Å²) in [6, 6.07) is 0.465. The molecule has 1 fully saturated rings. The standard InChI is InChI=1S/C12H25N2O/c1-9(15)8-13-10-6-11(2,3)14-12(4,5)7-10/h9-10,13-15H,1,6-8H2,2-5H3. The molecule has 3 nitrogen and oxygen atoms in total. The summed E-state index contributed by atoms with van der Waals surface area (Å²) >= 11 is 0. The summed E-state index contributed by atoms with van der Waals surface area (Å²) in [6.45, 7) is 13.1. The Balaban J connectivity index is 2.52. The Bertz CT molecular complexity index is 196. The van der Waals surface area contributed by atoms with Crippen molar-refractivity contribution in [2.45, 2.75) is 63.8 Å². The van der Waals surface area contributed by atoms with Gasteiger partial charge in [-0.2, -0.15) is 0 Å². The summed E-state index contributed by atoms with van der Waals surface area (Å²) in [5.41, 5.74) is 0.317. The van der Waals surface area contributed by atoms with Gasteiger partial charge in [0.1, 0.15) is 0 Å². The summed E-state index contributed by atoms with van der Waals surface area (Å²) in [5, 5.41) is 16.2. The number of rotatable bonds is 3. The van der Waals surface area contributed by atoms with Crippen molar-refractivity contribution in [1.29, 1.82) is 0 Å². The van der Waals surface area contributed by atoms with E-state index in [0.29, 0.717) is 12.6 Å². The van der Waals surface area contributed by atoms with Gasteiger partial charge in [0.25, 0.3) is 0 Å². The summed E-state index contributed by atoms with van der Waals surface area (Å²) in [7, 11) is 0. The van der Waals surface area contributed by atoms with Crippen LogP contribution in [-0.4, -0.2) is 34.9 Å². The second-order valence-electron chi connectivity index (χ2n) is 6.06. The normalized spacial score (nSPS) is 27.6. The van der Waals surface area contributed by atoms with E-state index in [1.165, 1.54) is 0 Å². The fourth-order valence-corrected chi connectivity index (χ4v) is 2.77. The molecule has 3 N–H and O–H groups in total. The highest BCUT2D eigenvalue weighted by Crippen LogP contribution is 2.28. The molecule has 1 aliphatic rings. The van der Waals surface area contributed by atoms with E-state index >= 15 is 0 Å². The first-order valence-corrected chi connectivity index (χ1v) is 5.74. The van der Waals surface area contributed by atoms with Gasteiger partial charge in [0, 0.05) is 23.7 Å². The van der Waals surface area contributed by atoms with Crippen molar-refractivity contribution in [1.82, 2.24) is 10.6 Å². The van der Waals surface area contributed by atoms with Crippen LogP contribution in [0.1, 0.15) is 40.5 Å². The Morgan fingerprint density at radius 1 is 1.33 bits per heavy atom. The first kappa shape index (κ1) is 12.9. The van der Waals surface area contributed by atoms with Crippen molar-refractivity contribution in [3.63, 3.8) is 0 Å². The molecule has 1 rings (SSSR count). The maximum Gasteiger partial charge on any atom is 0.0665 e. The zero-order valence-corrected chi connectivity index (χ0v) is 10.4. The lowest BCUT2D eigenvalue weighted by molar-refractivity contribution is 0.134. The predicted octanol–water partition coefficient (Wildman–Crippen LogP) is 1.08. The minimum atomic E-state index is -0.508. The van der Waals surface area contributed by atoms with Crippen molar-refractivity contribution >= 4 is 0 Å². The summed E-state index contributed by atoms with van der Waals surface area (Å²) in [4.78, 5) is 0. The van der Waals surface area contributed by atoms with E-state index in [1.54, 1.807) is 0 Å². The van der Waals surface area contributed by atoms with Gasteiger partial charge < -0.3 is 15.7 Å². The lowest BCUT2D eigenvalue weighted by atomic mass is 9.79. The van der Waals surface area contributed by atoms with Gasteiger partial charge in [0.05, 0.1) is 6.10 Å². The molecule has 0 bridgehead atoms. The minimum absolute atomic E-state index is 0.158. The third kappa shape index (κ3) is 4.49. The van der Waals surface area contributed by atoms with Crippen LogP contribution in [0.25, 0.3) is 0 Å². The lowest BCUT2D eigenvalue weighted by Gasteiger charge is -2.46. The molecule has 0 aliphatic carbocycles. The van der Waals surface area contributed by atoms with Crippen LogP contribution < -0.4 is 10.6 Å². The molecule has 1 saturated heterocycles. The molecule has 15 heavy (non-hydrogen) atoms. The maximum atomic E-state index is 9.15. The molecule has 89 valence electrons. The van der Waals surface area contributed by atoms with E-state index < -0.39 is 6.10 Å². The van der Waals surface area contributed by atoms with Gasteiger partial charge in [-0.1, -0.05) is 0 Å². The Labute approximate surface area is 93.6 Å². The number of nitrogens with one attached hydrogen (secondary N) is 2. The molecule has 0 aromatic rings. The van der Waals surface area contributed by atoms with Crippen LogP contribution in [-0.2, 0) is 0 Å². The number of hydrogen-bond acceptors (Lipinski definition) is 3. The molecule has 0 amide bonds. The third-order valence-corrected chi connectivity index (χ3v) is 2.83. The van der Waals surface area contributed by atoms with E-state index in [0.717, 1.165) is 12.8 Å². The Kier molecular flexibility index (Phi) is 3.80. The Morgan fingerprint density at radius 3 is 2.20 bits per heavy atom. The number of aliphatic hydroxyl groups excluding tert-OH is 1. The minimum Gasteiger partial charge on any atom is -0.392 e. The van der Waals surface area contributed by atoms with E-state index in [4.69, 9.17) is 5.11 Å². The van der Waals surface area contributed by atoms with Crippen LogP contribution in [0.3, 0.4) is 0 Å². The third-order valence-electron chi connectivity index (χ3n) is 2.83. The van der Waals surface area contributed by atoms with E-state index in [2.05, 4.69) is 45.3 Å². The van der Waals surface area contributed by atoms with Gasteiger partial charge in [0.15, 0.2) is 0 Å². The molecule has 1 heterocycles. The van der Waals surface area contributed by atoms with Crippen molar-refractivity contribution in [2.75, 3.05) is 6.54 Å². The first-order chi connectivity index (χ1) is 6.70. The second kappa shape index (κ2) is 4.40. The van der Waals surface area contributed by atoms with Crippen LogP contribution in [0.15, 0.2) is 0 Å². The van der Waals surface area contributed by atoms with Crippen molar-refractivity contribution in [2.24, 2.45) is 0 Å². The smallest absolute Gasteiger partial charge is 0.0665 e. The van der Waals surface area contributed by atoms with Gasteiger partial charge in [-0.05, 0) is 47.5 Å². The van der Waals surface area contributed by atoms with E-state index in [-0.39, 0.29) is 11.1 Å². The van der Waals surface area contributed by atoms with Gasteiger partial charge in [0.2, 0.25) is 0 Å². The molecular weight excluding hydrogens is 188 g/mol. The highest BCUT2D eigenvalue weighted by Gasteiger charge is 2.37. The summed E-state index contributed by atoms with van der Waals surface area (Å²) in [6.07, 6.45) is 1.66. The Morgan fingerprint density at radius 2 is 1.80 bits per heavy atom. The second-order valence-corrected chi connectivity index (χ2v) is 6.06. The first-order valence-electron chi connectivity index (χ1n) is 5.74. The van der Waals surface area contributed by atoms with Crippen LogP contribution in [0, 0.1) is 6.92 Å². The van der Waals surface area contributed by atoms with Gasteiger partial charge >= 0.3 is 0 Å². The van der Waals surface area contributed by atoms with Crippen LogP contribution >= 0.6 is 0 Å². The molecule has 0 aromatic carbocycles. The molecule has 3 heteroatoms. The highest BCUT2D eigenvalue weighted by molar-refractivity contribution is 4.99. The van der Waals surface area contributed by atoms with E-state index in [1.807, 2.05) is 0 Å². The van der Waals surface area contributed by atoms with Gasteiger partial charge in [-0.25, -0.2) is 0 Å². The predicted molar refractivity (Wildman–Crippen MR) is 63.7 cm³/mol. The molecule has 0 aromatic heterocycles. The number of piperidine rings is 1. The highest BCUT2D eigenvalue weighted by atomic mass is 16.3. The molecule has 1 unspecified atom stereocenters. The fourth-order valence-electron chi connectivity index (χ4n) is 2.77. The van der Waals surface area contributed by atoms with Crippen LogP contribution in [0.5, 0.6) is 0 Å². The SMILES string of the molecule is [CH2]C(O)CNC1CC(C)(C)NC(C)(C)C1. The summed E-state index contributed by atoms with van der Waals surface area (Å²) < 4.78 is 0. The number of hydrogen-bond donors (Lipinski definition) is 3. The van der Waals surface area contributed by atoms with Gasteiger partial charge in [-0.3, -0.25) is 0 Å². The zero-order chi connectivity index (χ0) is 11.7. The van der Waals surface area contributed by atoms with Gasteiger partial charge in [-0.15, -0.1) is 0 Å². The van der Waals surface area contributed by atoms with Crippen molar-refractivity contribution in [3.05, 3.63) is 6.92 Å². The molecule has 0 spiro atoms. The maximum absolute atomic E-state index is 9.15. The summed E-state index contributed by atoms with van der Waals surface area (Å²) in [5.74, 6) is 0. The molecule has 1 radical (unpaired) electrons. The monoisotopic (exact) mass is 213 g/mol. The zero-order valence-electron chi connectivity index (χ0n) is 10.4. The average Bonchev–Trinajstić information content (AvgIpc) is 1.94. The molecule has 1 atom stereocenters. The largest absolute Gasteiger partial charge is 0.392 e. The quantitative estimate of drug-likeness (QED) is 0.657. The average molecular weight is 213 g/mol. The Hall–Kier alpha value is -0.120.